The van der Waals surface area contributed by atoms with Crippen LogP contribution in [0.1, 0.15) is 28.5 Å². The third-order valence-electron chi connectivity index (χ3n) is 4.33. The Morgan fingerprint density at radius 2 is 2.00 bits per heavy atom. The van der Waals surface area contributed by atoms with Crippen molar-refractivity contribution in [2.45, 2.75) is 20.8 Å². The number of nitrogens with zero attached hydrogens (tertiary/aromatic N) is 1. The number of H-pyrrole nitrogens is 1. The quantitative estimate of drug-likeness (QED) is 0.686. The molecule has 1 aromatic carbocycles. The Balaban J connectivity index is 2.26. The number of esters is 1. The highest BCUT2D eigenvalue weighted by Gasteiger charge is 2.23. The largest absolute Gasteiger partial charge is 0.496 e. The molecule has 5 heteroatoms. The summed E-state index contributed by atoms with van der Waals surface area (Å²) in [6, 6.07) is 9.75. The van der Waals surface area contributed by atoms with Crippen molar-refractivity contribution in [1.29, 1.82) is 0 Å². The van der Waals surface area contributed by atoms with Gasteiger partial charge in [-0.2, -0.15) is 0 Å². The molecule has 0 radical (unpaired) electrons. The molecule has 1 N–H and O–H groups in total. The highest BCUT2D eigenvalue weighted by molar-refractivity contribution is 6.01. The summed E-state index contributed by atoms with van der Waals surface area (Å²) in [5.41, 5.74) is 5.81. The van der Waals surface area contributed by atoms with Crippen LogP contribution in [0.2, 0.25) is 0 Å². The lowest BCUT2D eigenvalue weighted by molar-refractivity contribution is 0.0521. The van der Waals surface area contributed by atoms with Crippen LogP contribution in [0.25, 0.3) is 22.4 Å². The van der Waals surface area contributed by atoms with Crippen molar-refractivity contribution in [3.05, 3.63) is 59.5 Å². The molecule has 0 spiro atoms. The molecule has 0 atom stereocenters. The van der Waals surface area contributed by atoms with E-state index in [4.69, 9.17) is 9.47 Å². The number of hydrogen-bond acceptors (Lipinski definition) is 4. The Morgan fingerprint density at radius 3 is 2.69 bits per heavy atom. The lowest BCUT2D eigenvalue weighted by Crippen LogP contribution is -2.07. The summed E-state index contributed by atoms with van der Waals surface area (Å²) < 4.78 is 10.7. The number of benzene rings is 1. The van der Waals surface area contributed by atoms with E-state index in [2.05, 4.69) is 9.97 Å². The Bertz CT molecular complexity index is 944. The highest BCUT2D eigenvalue weighted by Crippen LogP contribution is 2.38. The molecular weight excluding hydrogens is 328 g/mol. The van der Waals surface area contributed by atoms with Crippen LogP contribution in [0, 0.1) is 13.8 Å². The molecule has 0 saturated carbocycles. The van der Waals surface area contributed by atoms with Gasteiger partial charge in [0, 0.05) is 23.5 Å². The van der Waals surface area contributed by atoms with E-state index in [1.54, 1.807) is 20.2 Å². The lowest BCUT2D eigenvalue weighted by atomic mass is 9.95. The van der Waals surface area contributed by atoms with Gasteiger partial charge in [-0.25, -0.2) is 4.79 Å². The average molecular weight is 350 g/mol. The fraction of sp³-hybridized carbons (Fsp3) is 0.238. The number of aryl methyl sites for hydroxylation is 1. The van der Waals surface area contributed by atoms with Crippen molar-refractivity contribution in [3.8, 4) is 28.1 Å². The third kappa shape index (κ3) is 3.20. The van der Waals surface area contributed by atoms with Crippen LogP contribution in [0.4, 0.5) is 0 Å². The Hall–Kier alpha value is -3.08. The van der Waals surface area contributed by atoms with Crippen LogP contribution < -0.4 is 4.74 Å². The predicted molar refractivity (Wildman–Crippen MR) is 101 cm³/mol. The first-order chi connectivity index (χ1) is 12.6. The summed E-state index contributed by atoms with van der Waals surface area (Å²) in [5.74, 6) is 0.405. The molecule has 0 amide bonds. The van der Waals surface area contributed by atoms with E-state index in [0.29, 0.717) is 12.3 Å². The normalized spacial score (nSPS) is 10.6. The molecule has 2 heterocycles. The Kier molecular flexibility index (Phi) is 5.07. The minimum atomic E-state index is -0.391. The number of hydrogen-bond donors (Lipinski definition) is 1. The number of nitrogens with one attached hydrogen (secondary N) is 1. The fourth-order valence-corrected chi connectivity index (χ4v) is 3.07. The van der Waals surface area contributed by atoms with Crippen molar-refractivity contribution >= 4 is 5.97 Å². The van der Waals surface area contributed by atoms with Crippen LogP contribution >= 0.6 is 0 Å². The van der Waals surface area contributed by atoms with Gasteiger partial charge in [0.25, 0.3) is 0 Å². The topological polar surface area (TPSA) is 64.2 Å². The zero-order chi connectivity index (χ0) is 18.7. The molecule has 0 saturated heterocycles. The monoisotopic (exact) mass is 350 g/mol. The van der Waals surface area contributed by atoms with Gasteiger partial charge in [-0.15, -0.1) is 0 Å². The highest BCUT2D eigenvalue weighted by atomic mass is 16.5. The average Bonchev–Trinajstić information content (AvgIpc) is 3.07. The summed E-state index contributed by atoms with van der Waals surface area (Å²) in [6.07, 6.45) is 3.57. The first kappa shape index (κ1) is 17.7. The Labute approximate surface area is 153 Å². The molecule has 134 valence electrons. The summed E-state index contributed by atoms with van der Waals surface area (Å²) in [6.45, 7) is 6.10. The second-order valence-corrected chi connectivity index (χ2v) is 6.02. The maximum Gasteiger partial charge on any atom is 0.355 e. The molecule has 0 bridgehead atoms. The first-order valence-electron chi connectivity index (χ1n) is 8.52. The number of rotatable bonds is 5. The van der Waals surface area contributed by atoms with Gasteiger partial charge in [0.2, 0.25) is 0 Å². The summed E-state index contributed by atoms with van der Waals surface area (Å²) in [5, 5.41) is 0. The smallest absolute Gasteiger partial charge is 0.355 e. The number of aromatic nitrogens is 2. The minimum Gasteiger partial charge on any atom is -0.496 e. The SMILES string of the molecule is CCOC(=O)c1[nH]cc(-c2cccc(OC)c2C)c1-c1cc(C)ccn1. The third-order valence-corrected chi connectivity index (χ3v) is 4.33. The number of ether oxygens (including phenoxy) is 2. The van der Waals surface area contributed by atoms with Crippen molar-refractivity contribution in [1.82, 2.24) is 9.97 Å². The van der Waals surface area contributed by atoms with Crippen LogP contribution in [0.15, 0.2) is 42.7 Å². The Morgan fingerprint density at radius 1 is 1.19 bits per heavy atom. The van der Waals surface area contributed by atoms with Gasteiger partial charge < -0.3 is 14.5 Å². The molecule has 2 aromatic heterocycles. The number of methoxy groups -OCH3 is 1. The van der Waals surface area contributed by atoms with Gasteiger partial charge in [0.1, 0.15) is 11.4 Å². The number of carbonyl (C=O) groups excluding carboxylic acids is 1. The van der Waals surface area contributed by atoms with E-state index in [1.807, 2.05) is 50.4 Å². The van der Waals surface area contributed by atoms with Crippen LogP contribution in [-0.2, 0) is 4.74 Å². The lowest BCUT2D eigenvalue weighted by Gasteiger charge is -2.12. The minimum absolute atomic E-state index is 0.312. The summed E-state index contributed by atoms with van der Waals surface area (Å²) >= 11 is 0. The van der Waals surface area contributed by atoms with Crippen LogP contribution in [0.3, 0.4) is 0 Å². The number of pyridine rings is 1. The van der Waals surface area contributed by atoms with Gasteiger partial charge in [-0.05, 0) is 55.7 Å². The molecular formula is C21H22N2O3. The van der Waals surface area contributed by atoms with E-state index in [1.165, 1.54) is 0 Å². The van der Waals surface area contributed by atoms with E-state index >= 15 is 0 Å². The maximum atomic E-state index is 12.5. The zero-order valence-electron chi connectivity index (χ0n) is 15.4. The van der Waals surface area contributed by atoms with Crippen LogP contribution in [-0.4, -0.2) is 29.7 Å². The van der Waals surface area contributed by atoms with Gasteiger partial charge in [-0.3, -0.25) is 4.98 Å². The van der Waals surface area contributed by atoms with Crippen molar-refractivity contribution < 1.29 is 14.3 Å². The van der Waals surface area contributed by atoms with Gasteiger partial charge >= 0.3 is 5.97 Å². The molecule has 0 aliphatic heterocycles. The fourth-order valence-electron chi connectivity index (χ4n) is 3.07. The molecule has 0 aliphatic carbocycles. The number of aromatic amines is 1. The molecule has 3 rings (SSSR count). The molecule has 0 fully saturated rings. The van der Waals surface area contributed by atoms with Crippen molar-refractivity contribution in [3.63, 3.8) is 0 Å². The second-order valence-electron chi connectivity index (χ2n) is 6.02. The van der Waals surface area contributed by atoms with E-state index < -0.39 is 5.97 Å². The molecule has 0 unspecified atom stereocenters. The van der Waals surface area contributed by atoms with Gasteiger partial charge in [0.15, 0.2) is 0 Å². The number of carbonyl (C=O) groups is 1. The zero-order valence-corrected chi connectivity index (χ0v) is 15.4. The first-order valence-corrected chi connectivity index (χ1v) is 8.52. The summed E-state index contributed by atoms with van der Waals surface area (Å²) in [4.78, 5) is 20.0. The molecule has 3 aromatic rings. The summed E-state index contributed by atoms with van der Waals surface area (Å²) in [7, 11) is 1.65. The second kappa shape index (κ2) is 7.44. The van der Waals surface area contributed by atoms with E-state index in [-0.39, 0.29) is 0 Å². The molecule has 5 nitrogen and oxygen atoms in total. The molecule has 0 aliphatic rings. The molecule has 26 heavy (non-hydrogen) atoms. The standard InChI is InChI=1S/C21H22N2O3/c1-5-26-21(24)20-19(17-11-13(2)9-10-22-17)16(12-23-20)15-7-6-8-18(25-4)14(15)3/h6-12,23H,5H2,1-4H3. The van der Waals surface area contributed by atoms with Crippen molar-refractivity contribution in [2.75, 3.05) is 13.7 Å². The van der Waals surface area contributed by atoms with Crippen LogP contribution in [0.5, 0.6) is 5.75 Å². The van der Waals surface area contributed by atoms with Crippen molar-refractivity contribution in [2.24, 2.45) is 0 Å². The van der Waals surface area contributed by atoms with Gasteiger partial charge in [0.05, 0.1) is 19.4 Å². The van der Waals surface area contributed by atoms with E-state index in [9.17, 15) is 4.79 Å². The van der Waals surface area contributed by atoms with E-state index in [0.717, 1.165) is 39.3 Å². The predicted octanol–water partition coefficient (Wildman–Crippen LogP) is 4.55. The van der Waals surface area contributed by atoms with Gasteiger partial charge in [-0.1, -0.05) is 12.1 Å². The maximum absolute atomic E-state index is 12.5.